The van der Waals surface area contributed by atoms with Crippen molar-refractivity contribution in [3.8, 4) is 0 Å². The van der Waals surface area contributed by atoms with Crippen LogP contribution in [0, 0.1) is 13.8 Å². The third-order valence-electron chi connectivity index (χ3n) is 3.63. The molecule has 1 aromatic heterocycles. The minimum atomic E-state index is 0.894. The number of fused-ring (bicyclic) bond motifs is 1. The van der Waals surface area contributed by atoms with Crippen LogP contribution in [0.5, 0.6) is 0 Å². The molecule has 0 aliphatic heterocycles. The van der Waals surface area contributed by atoms with Crippen LogP contribution in [-0.4, -0.2) is 12.0 Å². The number of aromatic amines is 1. The lowest BCUT2D eigenvalue weighted by Crippen LogP contribution is -2.06. The highest BCUT2D eigenvalue weighted by Gasteiger charge is 2.11. The van der Waals surface area contributed by atoms with E-state index in [9.17, 15) is 0 Å². The van der Waals surface area contributed by atoms with Gasteiger partial charge in [-0.2, -0.15) is 0 Å². The van der Waals surface area contributed by atoms with E-state index in [4.69, 9.17) is 0 Å². The molecule has 1 heterocycles. The smallest absolute Gasteiger partial charge is 0.0467 e. The zero-order chi connectivity index (χ0) is 14.8. The molecule has 0 spiro atoms. The lowest BCUT2D eigenvalue weighted by atomic mass is 10.1. The Morgan fingerprint density at radius 3 is 2.71 bits per heavy atom. The van der Waals surface area contributed by atoms with Crippen LogP contribution in [-0.2, 0) is 6.54 Å². The van der Waals surface area contributed by atoms with Crippen LogP contribution in [0.15, 0.2) is 52.3 Å². The van der Waals surface area contributed by atoms with Crippen molar-refractivity contribution in [3.05, 3.63) is 59.3 Å². The second-order valence-corrected chi connectivity index (χ2v) is 6.42. The number of hydrogen-bond acceptors (Lipinski definition) is 2. The molecule has 0 bridgehead atoms. The van der Waals surface area contributed by atoms with Gasteiger partial charge >= 0.3 is 0 Å². The number of para-hydroxylation sites is 1. The van der Waals surface area contributed by atoms with E-state index in [1.807, 2.05) is 18.8 Å². The molecule has 3 heteroatoms. The Morgan fingerprint density at radius 1 is 1.10 bits per heavy atom. The van der Waals surface area contributed by atoms with Crippen LogP contribution >= 0.6 is 11.8 Å². The molecule has 0 radical (unpaired) electrons. The van der Waals surface area contributed by atoms with Crippen molar-refractivity contribution in [1.82, 2.24) is 10.3 Å². The standard InChI is InChI=1S/C18H20N2S/c1-12-8-9-17(14(10-12)11-19-3)21-18-13(2)20-16-7-5-4-6-15(16)18/h4-10,19-20H,11H2,1-3H3. The molecule has 2 aromatic carbocycles. The summed E-state index contributed by atoms with van der Waals surface area (Å²) in [7, 11) is 1.99. The van der Waals surface area contributed by atoms with Crippen molar-refractivity contribution in [2.24, 2.45) is 0 Å². The number of rotatable bonds is 4. The van der Waals surface area contributed by atoms with Gasteiger partial charge in [-0.25, -0.2) is 0 Å². The second kappa shape index (κ2) is 5.96. The number of aromatic nitrogens is 1. The first-order chi connectivity index (χ1) is 10.2. The third-order valence-corrected chi connectivity index (χ3v) is 4.98. The first-order valence-electron chi connectivity index (χ1n) is 7.18. The average molecular weight is 296 g/mol. The summed E-state index contributed by atoms with van der Waals surface area (Å²) < 4.78 is 0. The van der Waals surface area contributed by atoms with E-state index in [-0.39, 0.29) is 0 Å². The maximum absolute atomic E-state index is 3.47. The highest BCUT2D eigenvalue weighted by Crippen LogP contribution is 2.38. The topological polar surface area (TPSA) is 27.8 Å². The van der Waals surface area contributed by atoms with E-state index < -0.39 is 0 Å². The van der Waals surface area contributed by atoms with Crippen molar-refractivity contribution in [1.29, 1.82) is 0 Å². The minimum absolute atomic E-state index is 0.894. The van der Waals surface area contributed by atoms with Gasteiger partial charge in [-0.05, 0) is 38.6 Å². The van der Waals surface area contributed by atoms with Gasteiger partial charge in [0, 0.05) is 32.9 Å². The first kappa shape index (κ1) is 14.2. The van der Waals surface area contributed by atoms with Crippen molar-refractivity contribution < 1.29 is 0 Å². The largest absolute Gasteiger partial charge is 0.358 e. The Bertz CT molecular complexity index is 774. The fourth-order valence-corrected chi connectivity index (χ4v) is 3.74. The maximum atomic E-state index is 3.47. The highest BCUT2D eigenvalue weighted by molar-refractivity contribution is 7.99. The third kappa shape index (κ3) is 2.85. The second-order valence-electron chi connectivity index (χ2n) is 5.37. The number of aryl methyl sites for hydroxylation is 2. The predicted molar refractivity (Wildman–Crippen MR) is 91.1 cm³/mol. The Morgan fingerprint density at radius 2 is 1.90 bits per heavy atom. The summed E-state index contributed by atoms with van der Waals surface area (Å²) in [6.07, 6.45) is 0. The van der Waals surface area contributed by atoms with Crippen molar-refractivity contribution >= 4 is 22.7 Å². The lowest BCUT2D eigenvalue weighted by Gasteiger charge is -2.10. The van der Waals surface area contributed by atoms with E-state index in [1.165, 1.54) is 37.5 Å². The molecule has 0 saturated carbocycles. The molecule has 0 unspecified atom stereocenters. The normalized spacial score (nSPS) is 11.2. The fourth-order valence-electron chi connectivity index (χ4n) is 2.63. The summed E-state index contributed by atoms with van der Waals surface area (Å²) in [6.45, 7) is 5.18. The van der Waals surface area contributed by atoms with Crippen LogP contribution in [0.4, 0.5) is 0 Å². The zero-order valence-electron chi connectivity index (χ0n) is 12.7. The molecule has 21 heavy (non-hydrogen) atoms. The number of H-pyrrole nitrogens is 1. The Hall–Kier alpha value is -1.71. The Labute approximate surface area is 130 Å². The molecule has 0 saturated heterocycles. The SMILES string of the molecule is CNCc1cc(C)ccc1Sc1c(C)[nH]c2ccccc12. The quantitative estimate of drug-likeness (QED) is 0.733. The van der Waals surface area contributed by atoms with Gasteiger partial charge in [0.05, 0.1) is 0 Å². The number of hydrogen-bond donors (Lipinski definition) is 2. The summed E-state index contributed by atoms with van der Waals surface area (Å²) in [5.74, 6) is 0. The average Bonchev–Trinajstić information content (AvgIpc) is 2.78. The fraction of sp³-hybridized carbons (Fsp3) is 0.222. The van der Waals surface area contributed by atoms with Gasteiger partial charge in [0.15, 0.2) is 0 Å². The van der Waals surface area contributed by atoms with Gasteiger partial charge in [-0.15, -0.1) is 0 Å². The van der Waals surface area contributed by atoms with E-state index in [1.54, 1.807) is 0 Å². The number of nitrogens with one attached hydrogen (secondary N) is 2. The number of benzene rings is 2. The zero-order valence-corrected chi connectivity index (χ0v) is 13.5. The van der Waals surface area contributed by atoms with E-state index >= 15 is 0 Å². The molecule has 3 rings (SSSR count). The van der Waals surface area contributed by atoms with Gasteiger partial charge in [0.25, 0.3) is 0 Å². The summed E-state index contributed by atoms with van der Waals surface area (Å²) >= 11 is 1.85. The molecule has 108 valence electrons. The summed E-state index contributed by atoms with van der Waals surface area (Å²) in [5, 5.41) is 4.56. The summed E-state index contributed by atoms with van der Waals surface area (Å²) in [6, 6.07) is 15.2. The van der Waals surface area contributed by atoms with Crippen LogP contribution in [0.3, 0.4) is 0 Å². The molecule has 2 N–H and O–H groups in total. The molecule has 0 atom stereocenters. The first-order valence-corrected chi connectivity index (χ1v) is 8.00. The molecule has 0 aliphatic rings. The minimum Gasteiger partial charge on any atom is -0.358 e. The van der Waals surface area contributed by atoms with Gasteiger partial charge in [0.2, 0.25) is 0 Å². The van der Waals surface area contributed by atoms with Crippen LogP contribution in [0.2, 0.25) is 0 Å². The monoisotopic (exact) mass is 296 g/mol. The maximum Gasteiger partial charge on any atom is 0.0467 e. The van der Waals surface area contributed by atoms with E-state index in [0.717, 1.165) is 6.54 Å². The van der Waals surface area contributed by atoms with Crippen LogP contribution in [0.25, 0.3) is 10.9 Å². The Kier molecular flexibility index (Phi) is 4.04. The molecule has 0 amide bonds. The molecular weight excluding hydrogens is 276 g/mol. The van der Waals surface area contributed by atoms with Crippen molar-refractivity contribution in [2.75, 3.05) is 7.05 Å². The van der Waals surface area contributed by atoms with Gasteiger partial charge in [-0.1, -0.05) is 47.7 Å². The summed E-state index contributed by atoms with van der Waals surface area (Å²) in [5.41, 5.74) is 5.10. The highest BCUT2D eigenvalue weighted by atomic mass is 32.2. The van der Waals surface area contributed by atoms with Crippen LogP contribution in [0.1, 0.15) is 16.8 Å². The van der Waals surface area contributed by atoms with Gasteiger partial charge in [-0.3, -0.25) is 0 Å². The lowest BCUT2D eigenvalue weighted by molar-refractivity contribution is 0.802. The molecule has 0 aliphatic carbocycles. The molecule has 3 aromatic rings. The van der Waals surface area contributed by atoms with Crippen molar-refractivity contribution in [3.63, 3.8) is 0 Å². The molecular formula is C18H20N2S. The van der Waals surface area contributed by atoms with Crippen molar-refractivity contribution in [2.45, 2.75) is 30.2 Å². The molecule has 2 nitrogen and oxygen atoms in total. The van der Waals surface area contributed by atoms with Gasteiger partial charge in [0.1, 0.15) is 0 Å². The van der Waals surface area contributed by atoms with E-state index in [0.29, 0.717) is 0 Å². The van der Waals surface area contributed by atoms with Crippen LogP contribution < -0.4 is 5.32 Å². The summed E-state index contributed by atoms with van der Waals surface area (Å²) in [4.78, 5) is 6.12. The molecule has 0 fully saturated rings. The Balaban J connectivity index is 2.04. The van der Waals surface area contributed by atoms with Gasteiger partial charge < -0.3 is 10.3 Å². The van der Waals surface area contributed by atoms with E-state index in [2.05, 4.69) is 66.6 Å². The predicted octanol–water partition coefficient (Wildman–Crippen LogP) is 4.66.